The molecule has 1 aliphatic rings. The molecular formula is C16H16ClN3O3. The molecule has 2 heterocycles. The van der Waals surface area contributed by atoms with Gasteiger partial charge in [0, 0.05) is 0 Å². The first-order valence-electron chi connectivity index (χ1n) is 7.27. The van der Waals surface area contributed by atoms with Crippen molar-refractivity contribution in [3.05, 3.63) is 41.4 Å². The molecular weight excluding hydrogens is 318 g/mol. The largest absolute Gasteiger partial charge is 0.494 e. The summed E-state index contributed by atoms with van der Waals surface area (Å²) in [4.78, 5) is 22.5. The number of rotatable bonds is 3. The third-order valence-corrected chi connectivity index (χ3v) is 3.96. The normalized spacial score (nSPS) is 16.5. The van der Waals surface area contributed by atoms with Crippen LogP contribution >= 0.6 is 11.6 Å². The molecule has 0 aliphatic carbocycles. The molecule has 7 heteroatoms. The van der Waals surface area contributed by atoms with Gasteiger partial charge in [-0.1, -0.05) is 24.6 Å². The molecule has 2 aromatic rings. The summed E-state index contributed by atoms with van der Waals surface area (Å²) < 4.78 is 10.9. The molecule has 1 atom stereocenters. The quantitative estimate of drug-likeness (QED) is 0.864. The van der Waals surface area contributed by atoms with Crippen LogP contribution in [0, 0.1) is 0 Å². The van der Waals surface area contributed by atoms with Crippen LogP contribution < -0.4 is 14.4 Å². The molecule has 6 nitrogen and oxygen atoms in total. The lowest BCUT2D eigenvalue weighted by Crippen LogP contribution is -2.44. The number of carbonyl (C=O) groups excluding carboxylic acids is 1. The van der Waals surface area contributed by atoms with Gasteiger partial charge in [0.05, 0.1) is 36.8 Å². The zero-order chi connectivity index (χ0) is 16.4. The molecule has 120 valence electrons. The number of aromatic nitrogens is 2. The van der Waals surface area contributed by atoms with Crippen LogP contribution in [0.5, 0.6) is 11.5 Å². The van der Waals surface area contributed by atoms with Crippen LogP contribution in [0.25, 0.3) is 0 Å². The fourth-order valence-electron chi connectivity index (χ4n) is 2.39. The van der Waals surface area contributed by atoms with Gasteiger partial charge in [0.25, 0.3) is 5.91 Å². The minimum atomic E-state index is -0.294. The number of hydrogen-bond donors (Lipinski definition) is 0. The summed E-state index contributed by atoms with van der Waals surface area (Å²) in [5, 5.41) is 0.481. The van der Waals surface area contributed by atoms with E-state index in [9.17, 15) is 4.79 Å². The van der Waals surface area contributed by atoms with Crippen LogP contribution in [-0.4, -0.2) is 35.6 Å². The highest BCUT2D eigenvalue weighted by molar-refractivity contribution is 6.32. The molecule has 0 saturated heterocycles. The Labute approximate surface area is 139 Å². The van der Waals surface area contributed by atoms with Crippen LogP contribution in [0.1, 0.15) is 24.0 Å². The first-order valence-corrected chi connectivity index (χ1v) is 7.65. The highest BCUT2D eigenvalue weighted by Crippen LogP contribution is 2.40. The number of halogens is 1. The number of fused-ring (bicyclic) bond motifs is 1. The van der Waals surface area contributed by atoms with Crippen LogP contribution in [0.2, 0.25) is 5.02 Å². The Kier molecular flexibility index (Phi) is 4.34. The molecule has 0 bridgehead atoms. The second kappa shape index (κ2) is 6.42. The zero-order valence-corrected chi connectivity index (χ0v) is 13.6. The molecule has 1 aromatic carbocycles. The molecule has 0 radical (unpaired) electrons. The predicted octanol–water partition coefficient (Wildman–Crippen LogP) is 2.96. The monoisotopic (exact) mass is 333 g/mol. The van der Waals surface area contributed by atoms with Gasteiger partial charge in [-0.15, -0.1) is 0 Å². The molecule has 23 heavy (non-hydrogen) atoms. The van der Waals surface area contributed by atoms with Crippen LogP contribution in [0.3, 0.4) is 0 Å². The fraction of sp³-hybridized carbons (Fsp3) is 0.312. The lowest BCUT2D eigenvalue weighted by molar-refractivity contribution is 0.0944. The lowest BCUT2D eigenvalue weighted by Gasteiger charge is -2.34. The number of amides is 1. The SMILES string of the molecule is CCC1CN(C(=O)c2ncc(OC)cn2)c2cccc(Cl)c2O1. The molecule has 0 saturated carbocycles. The Bertz CT molecular complexity index is 721. The molecule has 0 fully saturated rings. The molecule has 0 spiro atoms. The highest BCUT2D eigenvalue weighted by atomic mass is 35.5. The molecule has 1 unspecified atom stereocenters. The predicted molar refractivity (Wildman–Crippen MR) is 86.4 cm³/mol. The number of methoxy groups -OCH3 is 1. The van der Waals surface area contributed by atoms with Crippen molar-refractivity contribution in [2.45, 2.75) is 19.4 Å². The number of carbonyl (C=O) groups is 1. The van der Waals surface area contributed by atoms with Crippen molar-refractivity contribution in [1.29, 1.82) is 0 Å². The van der Waals surface area contributed by atoms with E-state index in [2.05, 4.69) is 9.97 Å². The minimum absolute atomic E-state index is 0.105. The van der Waals surface area contributed by atoms with Gasteiger partial charge < -0.3 is 9.47 Å². The molecule has 0 N–H and O–H groups in total. The van der Waals surface area contributed by atoms with Gasteiger partial charge in [-0.05, 0) is 18.6 Å². The Balaban J connectivity index is 1.97. The third-order valence-electron chi connectivity index (χ3n) is 3.66. The minimum Gasteiger partial charge on any atom is -0.494 e. The van der Waals surface area contributed by atoms with Crippen LogP contribution in [0.4, 0.5) is 5.69 Å². The van der Waals surface area contributed by atoms with Crippen molar-refractivity contribution < 1.29 is 14.3 Å². The van der Waals surface area contributed by atoms with Crippen molar-refractivity contribution in [3.63, 3.8) is 0 Å². The first-order chi connectivity index (χ1) is 11.1. The molecule has 1 aliphatic heterocycles. The summed E-state index contributed by atoms with van der Waals surface area (Å²) in [6.45, 7) is 2.43. The maximum absolute atomic E-state index is 12.8. The zero-order valence-electron chi connectivity index (χ0n) is 12.8. The van der Waals surface area contributed by atoms with E-state index in [-0.39, 0.29) is 17.8 Å². The second-order valence-electron chi connectivity index (χ2n) is 5.10. The molecule has 1 aromatic heterocycles. The number of para-hydroxylation sites is 1. The van der Waals surface area contributed by atoms with E-state index in [1.807, 2.05) is 6.92 Å². The average Bonchev–Trinajstić information content (AvgIpc) is 2.61. The van der Waals surface area contributed by atoms with E-state index in [4.69, 9.17) is 21.1 Å². The van der Waals surface area contributed by atoms with Crippen LogP contribution in [-0.2, 0) is 0 Å². The van der Waals surface area contributed by atoms with Gasteiger partial charge in [-0.3, -0.25) is 9.69 Å². The standard InChI is InChI=1S/C16H16ClN3O3/c1-3-10-9-20(13-6-4-5-12(17)14(13)23-10)16(21)15-18-7-11(22-2)8-19-15/h4-8,10H,3,9H2,1-2H3. The van der Waals surface area contributed by atoms with Gasteiger partial charge in [-0.25, -0.2) is 9.97 Å². The Hall–Kier alpha value is -2.34. The Morgan fingerprint density at radius 3 is 2.83 bits per heavy atom. The lowest BCUT2D eigenvalue weighted by atomic mass is 10.1. The summed E-state index contributed by atoms with van der Waals surface area (Å²) >= 11 is 6.21. The number of benzene rings is 1. The van der Waals surface area contributed by atoms with Crippen molar-refractivity contribution in [2.75, 3.05) is 18.6 Å². The molecule has 1 amide bonds. The van der Waals surface area contributed by atoms with Gasteiger partial charge in [0.15, 0.2) is 11.5 Å². The number of hydrogen-bond acceptors (Lipinski definition) is 5. The Morgan fingerprint density at radius 2 is 2.17 bits per heavy atom. The van der Waals surface area contributed by atoms with Crippen molar-refractivity contribution in [3.8, 4) is 11.5 Å². The summed E-state index contributed by atoms with van der Waals surface area (Å²) in [7, 11) is 1.52. The van der Waals surface area contributed by atoms with Crippen molar-refractivity contribution in [1.82, 2.24) is 9.97 Å². The van der Waals surface area contributed by atoms with Crippen LogP contribution in [0.15, 0.2) is 30.6 Å². The number of anilines is 1. The van der Waals surface area contributed by atoms with Gasteiger partial charge in [0.1, 0.15) is 6.10 Å². The summed E-state index contributed by atoms with van der Waals surface area (Å²) in [5.74, 6) is 0.832. The second-order valence-corrected chi connectivity index (χ2v) is 5.51. The van der Waals surface area contributed by atoms with Gasteiger partial charge in [0.2, 0.25) is 5.82 Å². The van der Waals surface area contributed by atoms with E-state index < -0.39 is 0 Å². The fourth-order valence-corrected chi connectivity index (χ4v) is 2.60. The van der Waals surface area contributed by atoms with Crippen molar-refractivity contribution in [2.24, 2.45) is 0 Å². The van der Waals surface area contributed by atoms with E-state index >= 15 is 0 Å². The van der Waals surface area contributed by atoms with E-state index in [0.29, 0.717) is 28.8 Å². The highest BCUT2D eigenvalue weighted by Gasteiger charge is 2.32. The third kappa shape index (κ3) is 2.94. The van der Waals surface area contributed by atoms with E-state index in [0.717, 1.165) is 6.42 Å². The van der Waals surface area contributed by atoms with Crippen molar-refractivity contribution >= 4 is 23.2 Å². The number of nitrogens with zero attached hydrogens (tertiary/aromatic N) is 3. The summed E-state index contributed by atoms with van der Waals surface area (Å²) in [6, 6.07) is 5.32. The smallest absolute Gasteiger partial charge is 0.296 e. The van der Waals surface area contributed by atoms with E-state index in [1.54, 1.807) is 23.1 Å². The van der Waals surface area contributed by atoms with E-state index in [1.165, 1.54) is 19.5 Å². The summed E-state index contributed by atoms with van der Waals surface area (Å²) in [6.07, 6.45) is 3.58. The Morgan fingerprint density at radius 1 is 1.43 bits per heavy atom. The summed E-state index contributed by atoms with van der Waals surface area (Å²) in [5.41, 5.74) is 0.631. The topological polar surface area (TPSA) is 64.6 Å². The molecule has 3 rings (SSSR count). The maximum Gasteiger partial charge on any atom is 0.296 e. The first kappa shape index (κ1) is 15.6. The van der Waals surface area contributed by atoms with Gasteiger partial charge >= 0.3 is 0 Å². The maximum atomic E-state index is 12.8. The number of ether oxygens (including phenoxy) is 2. The average molecular weight is 334 g/mol. The van der Waals surface area contributed by atoms with Gasteiger partial charge in [-0.2, -0.15) is 0 Å².